The standard InChI is InChI=1S/C21H38N6O/c1-7-22-21(24-13-15-27(17(2)3)18(4)5)25-16-20(28)26(6)14-11-19-10-8-9-12-23-19/h8-10,12,17-18H,7,11,13-16H2,1-6H3,(H2,22,24,25). The summed E-state index contributed by atoms with van der Waals surface area (Å²) in [5.74, 6) is 0.681. The number of guanidine groups is 1. The molecular weight excluding hydrogens is 352 g/mol. The van der Waals surface area contributed by atoms with Gasteiger partial charge in [-0.3, -0.25) is 14.7 Å². The second kappa shape index (κ2) is 13.1. The van der Waals surface area contributed by atoms with Crippen molar-refractivity contribution in [3.63, 3.8) is 0 Å². The molecule has 1 aromatic heterocycles. The lowest BCUT2D eigenvalue weighted by atomic mass is 10.2. The first-order chi connectivity index (χ1) is 13.3. The first-order valence-electron chi connectivity index (χ1n) is 10.3. The van der Waals surface area contributed by atoms with E-state index < -0.39 is 0 Å². The molecule has 0 aromatic carbocycles. The average molecular weight is 391 g/mol. The highest BCUT2D eigenvalue weighted by atomic mass is 16.2. The van der Waals surface area contributed by atoms with Crippen LogP contribution in [-0.2, 0) is 11.2 Å². The van der Waals surface area contributed by atoms with E-state index in [0.29, 0.717) is 24.6 Å². The van der Waals surface area contributed by atoms with Crippen LogP contribution in [0.15, 0.2) is 29.4 Å². The van der Waals surface area contributed by atoms with Crippen LogP contribution < -0.4 is 10.6 Å². The molecule has 0 spiro atoms. The predicted molar refractivity (Wildman–Crippen MR) is 117 cm³/mol. The lowest BCUT2D eigenvalue weighted by Crippen LogP contribution is -2.45. The Hall–Kier alpha value is -2.15. The first-order valence-corrected chi connectivity index (χ1v) is 10.3. The second-order valence-electron chi connectivity index (χ2n) is 7.43. The van der Waals surface area contributed by atoms with Gasteiger partial charge in [0.15, 0.2) is 5.96 Å². The number of hydrogen-bond donors (Lipinski definition) is 2. The molecule has 7 nitrogen and oxygen atoms in total. The third-order valence-corrected chi connectivity index (χ3v) is 4.56. The summed E-state index contributed by atoms with van der Waals surface area (Å²) < 4.78 is 0. The Labute approximate surface area is 170 Å². The van der Waals surface area contributed by atoms with Crippen LogP contribution in [0.4, 0.5) is 0 Å². The van der Waals surface area contributed by atoms with Gasteiger partial charge >= 0.3 is 0 Å². The SMILES string of the molecule is CCNC(=NCC(=O)N(C)CCc1ccccn1)NCCN(C(C)C)C(C)C. The Morgan fingerprint density at radius 1 is 1.14 bits per heavy atom. The van der Waals surface area contributed by atoms with E-state index in [0.717, 1.165) is 31.7 Å². The van der Waals surface area contributed by atoms with Crippen molar-refractivity contribution in [2.45, 2.75) is 53.1 Å². The Morgan fingerprint density at radius 2 is 1.86 bits per heavy atom. The Morgan fingerprint density at radius 3 is 2.43 bits per heavy atom. The molecule has 0 fully saturated rings. The van der Waals surface area contributed by atoms with Gasteiger partial charge in [-0.2, -0.15) is 0 Å². The summed E-state index contributed by atoms with van der Waals surface area (Å²) in [4.78, 5) is 25.2. The Bertz CT molecular complexity index is 580. The lowest BCUT2D eigenvalue weighted by molar-refractivity contribution is -0.128. The number of amides is 1. The topological polar surface area (TPSA) is 72.9 Å². The normalized spacial score (nSPS) is 12.0. The Kier molecular flexibility index (Phi) is 11.2. The fraction of sp³-hybridized carbons (Fsp3) is 0.667. The van der Waals surface area contributed by atoms with Crippen molar-refractivity contribution >= 4 is 11.9 Å². The number of aliphatic imine (C=N–C) groups is 1. The summed E-state index contributed by atoms with van der Waals surface area (Å²) in [6.45, 7) is 14.1. The van der Waals surface area contributed by atoms with E-state index in [9.17, 15) is 4.79 Å². The maximum atomic E-state index is 12.4. The van der Waals surface area contributed by atoms with Gasteiger partial charge in [0.05, 0.1) is 0 Å². The molecule has 0 aliphatic heterocycles. The van der Waals surface area contributed by atoms with E-state index in [2.05, 4.69) is 53.2 Å². The molecule has 2 N–H and O–H groups in total. The zero-order valence-corrected chi connectivity index (χ0v) is 18.4. The molecule has 1 heterocycles. The van der Waals surface area contributed by atoms with Crippen LogP contribution in [0.1, 0.15) is 40.3 Å². The molecule has 7 heteroatoms. The van der Waals surface area contributed by atoms with Gasteiger partial charge in [0.25, 0.3) is 0 Å². The smallest absolute Gasteiger partial charge is 0.244 e. The number of carbonyl (C=O) groups excluding carboxylic acids is 1. The maximum absolute atomic E-state index is 12.4. The number of hydrogen-bond acceptors (Lipinski definition) is 4. The van der Waals surface area contributed by atoms with Gasteiger partial charge in [-0.15, -0.1) is 0 Å². The molecule has 0 unspecified atom stereocenters. The van der Waals surface area contributed by atoms with E-state index >= 15 is 0 Å². The zero-order chi connectivity index (χ0) is 20.9. The van der Waals surface area contributed by atoms with Gasteiger partial charge < -0.3 is 15.5 Å². The molecule has 1 rings (SSSR count). The molecular formula is C21H38N6O. The summed E-state index contributed by atoms with van der Waals surface area (Å²) in [6, 6.07) is 6.82. The third-order valence-electron chi connectivity index (χ3n) is 4.56. The van der Waals surface area contributed by atoms with Crippen LogP contribution in [0, 0.1) is 0 Å². The van der Waals surface area contributed by atoms with Crippen LogP contribution >= 0.6 is 0 Å². The van der Waals surface area contributed by atoms with Crippen molar-refractivity contribution in [3.8, 4) is 0 Å². The summed E-state index contributed by atoms with van der Waals surface area (Å²) in [5.41, 5.74) is 0.987. The van der Waals surface area contributed by atoms with Gasteiger partial charge in [-0.05, 0) is 46.8 Å². The molecule has 158 valence electrons. The average Bonchev–Trinajstić information content (AvgIpc) is 2.67. The van der Waals surface area contributed by atoms with E-state index in [1.807, 2.05) is 32.2 Å². The van der Waals surface area contributed by atoms with Crippen molar-refractivity contribution in [2.75, 3.05) is 39.8 Å². The van der Waals surface area contributed by atoms with Crippen molar-refractivity contribution in [1.82, 2.24) is 25.4 Å². The fourth-order valence-electron chi connectivity index (χ4n) is 2.98. The van der Waals surface area contributed by atoms with Crippen molar-refractivity contribution in [1.29, 1.82) is 0 Å². The molecule has 0 saturated carbocycles. The predicted octanol–water partition coefficient (Wildman–Crippen LogP) is 1.76. The molecule has 0 bridgehead atoms. The van der Waals surface area contributed by atoms with Gasteiger partial charge in [0.2, 0.25) is 5.91 Å². The summed E-state index contributed by atoms with van der Waals surface area (Å²) in [5, 5.41) is 6.54. The highest BCUT2D eigenvalue weighted by Crippen LogP contribution is 2.03. The fourth-order valence-corrected chi connectivity index (χ4v) is 2.98. The Balaban J connectivity index is 2.47. The molecule has 0 atom stereocenters. The van der Waals surface area contributed by atoms with Gasteiger partial charge in [-0.1, -0.05) is 6.07 Å². The second-order valence-corrected chi connectivity index (χ2v) is 7.43. The minimum atomic E-state index is -0.000813. The molecule has 1 amide bonds. The summed E-state index contributed by atoms with van der Waals surface area (Å²) >= 11 is 0. The quantitative estimate of drug-likeness (QED) is 0.445. The number of carbonyl (C=O) groups is 1. The van der Waals surface area contributed by atoms with Gasteiger partial charge in [0.1, 0.15) is 6.54 Å². The lowest BCUT2D eigenvalue weighted by Gasteiger charge is -2.30. The molecule has 0 aliphatic rings. The van der Waals surface area contributed by atoms with Crippen LogP contribution in [0.5, 0.6) is 0 Å². The molecule has 0 aliphatic carbocycles. The number of aromatic nitrogens is 1. The zero-order valence-electron chi connectivity index (χ0n) is 18.4. The largest absolute Gasteiger partial charge is 0.357 e. The van der Waals surface area contributed by atoms with Gasteiger partial charge in [-0.25, -0.2) is 4.99 Å². The van der Waals surface area contributed by atoms with E-state index in [-0.39, 0.29) is 12.5 Å². The molecule has 1 aromatic rings. The number of nitrogens with one attached hydrogen (secondary N) is 2. The molecule has 0 saturated heterocycles. The van der Waals surface area contributed by atoms with Crippen molar-refractivity contribution < 1.29 is 4.79 Å². The van der Waals surface area contributed by atoms with Crippen LogP contribution in [-0.4, -0.2) is 78.5 Å². The third kappa shape index (κ3) is 9.17. The van der Waals surface area contributed by atoms with E-state index in [4.69, 9.17) is 0 Å². The van der Waals surface area contributed by atoms with Gasteiger partial charge in [0, 0.05) is 63.6 Å². The monoisotopic (exact) mass is 390 g/mol. The summed E-state index contributed by atoms with van der Waals surface area (Å²) in [6.07, 6.45) is 2.51. The van der Waals surface area contributed by atoms with Crippen LogP contribution in [0.2, 0.25) is 0 Å². The highest BCUT2D eigenvalue weighted by molar-refractivity contribution is 5.84. The van der Waals surface area contributed by atoms with Crippen molar-refractivity contribution in [2.24, 2.45) is 4.99 Å². The minimum Gasteiger partial charge on any atom is -0.357 e. The van der Waals surface area contributed by atoms with Crippen LogP contribution in [0.25, 0.3) is 0 Å². The summed E-state index contributed by atoms with van der Waals surface area (Å²) in [7, 11) is 1.81. The van der Waals surface area contributed by atoms with Crippen LogP contribution in [0.3, 0.4) is 0 Å². The number of pyridine rings is 1. The number of likely N-dealkylation sites (N-methyl/N-ethyl adjacent to an activating group) is 1. The number of nitrogens with zero attached hydrogens (tertiary/aromatic N) is 4. The highest BCUT2D eigenvalue weighted by Gasteiger charge is 2.13. The van der Waals surface area contributed by atoms with Crippen molar-refractivity contribution in [3.05, 3.63) is 30.1 Å². The van der Waals surface area contributed by atoms with E-state index in [1.54, 1.807) is 11.1 Å². The molecule has 0 radical (unpaired) electrons. The number of rotatable bonds is 11. The minimum absolute atomic E-state index is 0.000813. The maximum Gasteiger partial charge on any atom is 0.244 e. The first kappa shape index (κ1) is 23.9. The van der Waals surface area contributed by atoms with E-state index in [1.165, 1.54) is 0 Å². The molecule has 28 heavy (non-hydrogen) atoms.